The number of rotatable bonds is 4. The van der Waals surface area contributed by atoms with Crippen LogP contribution < -0.4 is 25.4 Å². The first-order valence-electron chi connectivity index (χ1n) is 12.5. The summed E-state index contributed by atoms with van der Waals surface area (Å²) >= 11 is 0. The fourth-order valence-electron chi connectivity index (χ4n) is 5.22. The molecule has 0 fully saturated rings. The third-order valence-corrected chi connectivity index (χ3v) is 10.1. The molecule has 7 rings (SSSR count). The van der Waals surface area contributed by atoms with Crippen LogP contribution in [0.5, 0.6) is 23.0 Å². The molecule has 1 aliphatic heterocycles. The molecule has 0 spiro atoms. The second-order valence-electron chi connectivity index (χ2n) is 9.27. The Labute approximate surface area is 221 Å². The molecule has 0 radical (unpaired) electrons. The van der Waals surface area contributed by atoms with E-state index >= 15 is 4.57 Å². The van der Waals surface area contributed by atoms with Crippen LogP contribution >= 0.6 is 7.14 Å². The average Bonchev–Trinajstić information content (AvgIpc) is 2.99. The number of hydrogen-bond acceptors (Lipinski definition) is 3. The normalized spacial score (nSPS) is 12.2. The van der Waals surface area contributed by atoms with Gasteiger partial charge in [0.1, 0.15) is 0 Å². The Hall–Kier alpha value is -4.59. The van der Waals surface area contributed by atoms with Gasteiger partial charge in [0, 0.05) is 15.9 Å². The molecule has 0 aliphatic carbocycles. The molecule has 0 saturated heterocycles. The monoisotopic (exact) mass is 510 g/mol. The van der Waals surface area contributed by atoms with Crippen molar-refractivity contribution in [2.24, 2.45) is 0 Å². The molecule has 0 N–H and O–H groups in total. The van der Waals surface area contributed by atoms with E-state index in [4.69, 9.17) is 9.47 Å². The second kappa shape index (κ2) is 9.06. The van der Waals surface area contributed by atoms with Crippen LogP contribution in [0.1, 0.15) is 0 Å². The summed E-state index contributed by atoms with van der Waals surface area (Å²) in [4.78, 5) is 0. The lowest BCUT2D eigenvalue weighted by atomic mass is 9.98. The minimum Gasteiger partial charge on any atom is -0.450 e. The van der Waals surface area contributed by atoms with Crippen LogP contribution in [-0.4, -0.2) is 0 Å². The van der Waals surface area contributed by atoms with Gasteiger partial charge in [0.15, 0.2) is 30.1 Å². The topological polar surface area (TPSA) is 35.5 Å². The van der Waals surface area contributed by atoms with E-state index in [0.29, 0.717) is 23.0 Å². The summed E-state index contributed by atoms with van der Waals surface area (Å²) < 4.78 is 27.4. The number of ether oxygens (including phenoxy) is 2. The zero-order valence-corrected chi connectivity index (χ0v) is 21.3. The standard InChI is InChI=1S/C34H23O3P/c35-38(25-11-3-1-4-12-25,26-13-5-2-6-14-26)34-20-10-16-28-27(15-9-17-29(28)34)24-21-22-32-33(23-24)37-31-19-8-7-18-30(31)36-32/h1-23H. The minimum atomic E-state index is -3.13. The van der Waals surface area contributed by atoms with E-state index in [2.05, 4.69) is 18.2 Å². The molecule has 1 aliphatic rings. The van der Waals surface area contributed by atoms with E-state index in [9.17, 15) is 0 Å². The highest BCUT2D eigenvalue weighted by Gasteiger charge is 2.31. The van der Waals surface area contributed by atoms with Gasteiger partial charge in [0.25, 0.3) is 0 Å². The SMILES string of the molecule is O=P(c1ccccc1)(c1ccccc1)c1cccc2c(-c3ccc4c(c3)Oc3ccccc3O4)cccc12. The lowest BCUT2D eigenvalue weighted by Crippen LogP contribution is -2.25. The lowest BCUT2D eigenvalue weighted by molar-refractivity contribution is 0.360. The van der Waals surface area contributed by atoms with Gasteiger partial charge in [-0.25, -0.2) is 0 Å². The fourth-order valence-corrected chi connectivity index (χ4v) is 8.09. The summed E-state index contributed by atoms with van der Waals surface area (Å²) in [5.41, 5.74) is 2.05. The van der Waals surface area contributed by atoms with Crippen molar-refractivity contribution in [3.8, 4) is 34.1 Å². The highest BCUT2D eigenvalue weighted by atomic mass is 31.2. The molecule has 4 heteroatoms. The number of para-hydroxylation sites is 2. The van der Waals surface area contributed by atoms with E-state index in [1.807, 2.05) is 121 Å². The molecule has 182 valence electrons. The van der Waals surface area contributed by atoms with E-state index in [-0.39, 0.29) is 0 Å². The number of hydrogen-bond donors (Lipinski definition) is 0. The average molecular weight is 511 g/mol. The molecule has 6 aromatic carbocycles. The molecule has 38 heavy (non-hydrogen) atoms. The zero-order chi connectivity index (χ0) is 25.5. The van der Waals surface area contributed by atoms with Gasteiger partial charge in [-0.3, -0.25) is 0 Å². The smallest absolute Gasteiger partial charge is 0.171 e. The largest absolute Gasteiger partial charge is 0.450 e. The Morgan fingerprint density at radius 1 is 0.447 bits per heavy atom. The van der Waals surface area contributed by atoms with Gasteiger partial charge in [-0.2, -0.15) is 0 Å². The van der Waals surface area contributed by atoms with Crippen LogP contribution in [0.3, 0.4) is 0 Å². The van der Waals surface area contributed by atoms with Gasteiger partial charge >= 0.3 is 0 Å². The van der Waals surface area contributed by atoms with E-state index in [0.717, 1.165) is 37.8 Å². The van der Waals surface area contributed by atoms with Gasteiger partial charge in [-0.1, -0.05) is 115 Å². The van der Waals surface area contributed by atoms with Gasteiger partial charge in [-0.05, 0) is 46.2 Å². The Balaban J connectivity index is 1.41. The van der Waals surface area contributed by atoms with Crippen molar-refractivity contribution in [2.45, 2.75) is 0 Å². The predicted molar refractivity (Wildman–Crippen MR) is 155 cm³/mol. The summed E-state index contributed by atoms with van der Waals surface area (Å²) in [6.07, 6.45) is 0. The first-order valence-corrected chi connectivity index (χ1v) is 14.3. The van der Waals surface area contributed by atoms with Gasteiger partial charge in [0.05, 0.1) is 0 Å². The van der Waals surface area contributed by atoms with Crippen molar-refractivity contribution in [2.75, 3.05) is 0 Å². The Bertz CT molecular complexity index is 1800. The maximum Gasteiger partial charge on any atom is 0.171 e. The van der Waals surface area contributed by atoms with E-state index < -0.39 is 7.14 Å². The molecule has 6 aromatic rings. The minimum absolute atomic E-state index is 0.675. The molecule has 0 atom stereocenters. The summed E-state index contributed by atoms with van der Waals surface area (Å²) in [6, 6.07) is 45.6. The molecule has 0 amide bonds. The predicted octanol–water partition coefficient (Wildman–Crippen LogP) is 8.04. The third kappa shape index (κ3) is 3.63. The highest BCUT2D eigenvalue weighted by Crippen LogP contribution is 2.48. The number of fused-ring (bicyclic) bond motifs is 3. The maximum atomic E-state index is 15.2. The molecule has 0 bridgehead atoms. The summed E-state index contributed by atoms with van der Waals surface area (Å²) in [7, 11) is -3.13. The van der Waals surface area contributed by atoms with Crippen molar-refractivity contribution >= 4 is 33.8 Å². The van der Waals surface area contributed by atoms with Crippen molar-refractivity contribution in [3.05, 3.63) is 140 Å². The van der Waals surface area contributed by atoms with Gasteiger partial charge in [-0.15, -0.1) is 0 Å². The summed E-state index contributed by atoms with van der Waals surface area (Å²) in [5.74, 6) is 2.77. The molecule has 0 aromatic heterocycles. The first kappa shape index (κ1) is 22.6. The van der Waals surface area contributed by atoms with Gasteiger partial charge in [0.2, 0.25) is 0 Å². The Kier molecular flexibility index (Phi) is 5.39. The van der Waals surface area contributed by atoms with Crippen LogP contribution in [0.25, 0.3) is 21.9 Å². The van der Waals surface area contributed by atoms with Crippen molar-refractivity contribution in [3.63, 3.8) is 0 Å². The zero-order valence-electron chi connectivity index (χ0n) is 20.5. The van der Waals surface area contributed by atoms with Crippen molar-refractivity contribution in [1.82, 2.24) is 0 Å². The second-order valence-corrected chi connectivity index (χ2v) is 12.0. The third-order valence-electron chi connectivity index (χ3n) is 7.02. The lowest BCUT2D eigenvalue weighted by Gasteiger charge is -2.23. The first-order chi connectivity index (χ1) is 18.7. The number of benzene rings is 6. The van der Waals surface area contributed by atoms with Crippen molar-refractivity contribution in [1.29, 1.82) is 0 Å². The van der Waals surface area contributed by atoms with Crippen LogP contribution in [0.15, 0.2) is 140 Å². The summed E-state index contributed by atoms with van der Waals surface area (Å²) in [6.45, 7) is 0. The molecular formula is C34H23O3P. The van der Waals surface area contributed by atoms with Gasteiger partial charge < -0.3 is 14.0 Å². The Morgan fingerprint density at radius 2 is 1.00 bits per heavy atom. The van der Waals surface area contributed by atoms with Crippen molar-refractivity contribution < 1.29 is 14.0 Å². The highest BCUT2D eigenvalue weighted by molar-refractivity contribution is 7.85. The van der Waals surface area contributed by atoms with E-state index in [1.165, 1.54) is 0 Å². The molecular weight excluding hydrogens is 487 g/mol. The van der Waals surface area contributed by atoms with E-state index in [1.54, 1.807) is 0 Å². The maximum absolute atomic E-state index is 15.2. The quantitative estimate of drug-likeness (QED) is 0.225. The van der Waals surface area contributed by atoms with Crippen LogP contribution in [0.4, 0.5) is 0 Å². The van der Waals surface area contributed by atoms with Crippen LogP contribution in [0.2, 0.25) is 0 Å². The Morgan fingerprint density at radius 3 is 1.68 bits per heavy atom. The van der Waals surface area contributed by atoms with Crippen LogP contribution in [-0.2, 0) is 4.57 Å². The molecule has 1 heterocycles. The molecule has 0 unspecified atom stereocenters. The molecule has 0 saturated carbocycles. The van der Waals surface area contributed by atoms with Crippen LogP contribution in [0, 0.1) is 0 Å². The molecule has 3 nitrogen and oxygen atoms in total. The fraction of sp³-hybridized carbons (Fsp3) is 0. The summed E-state index contributed by atoms with van der Waals surface area (Å²) in [5, 5.41) is 4.49.